The Labute approximate surface area is 126 Å². The van der Waals surface area contributed by atoms with Crippen molar-refractivity contribution in [1.29, 1.82) is 0 Å². The van der Waals surface area contributed by atoms with E-state index < -0.39 is 0 Å². The molecule has 1 atom stereocenters. The number of nitrogens with one attached hydrogen (secondary N) is 2. The molecule has 1 aromatic carbocycles. The number of carbonyl (C=O) groups excluding carboxylic acids is 1. The first-order valence-electron chi connectivity index (χ1n) is 7.80. The molecule has 1 unspecified atom stereocenters. The summed E-state index contributed by atoms with van der Waals surface area (Å²) >= 11 is 0. The van der Waals surface area contributed by atoms with Crippen LogP contribution in [0.3, 0.4) is 0 Å². The molecule has 2 saturated heterocycles. The average Bonchev–Trinajstić information content (AvgIpc) is 2.92. The Balaban J connectivity index is 1.53. The van der Waals surface area contributed by atoms with Gasteiger partial charge in [0, 0.05) is 37.6 Å². The number of hydrogen-bond acceptors (Lipinski definition) is 3. The summed E-state index contributed by atoms with van der Waals surface area (Å²) in [6, 6.07) is 8.16. The van der Waals surface area contributed by atoms with Crippen molar-refractivity contribution in [1.82, 2.24) is 10.2 Å². The molecule has 2 aliphatic rings. The van der Waals surface area contributed by atoms with Crippen molar-refractivity contribution in [2.45, 2.75) is 12.8 Å². The second kappa shape index (κ2) is 6.35. The monoisotopic (exact) mass is 288 g/mol. The molecule has 5 nitrogen and oxygen atoms in total. The highest BCUT2D eigenvalue weighted by Crippen LogP contribution is 2.21. The Bertz CT molecular complexity index is 488. The van der Waals surface area contributed by atoms with Crippen molar-refractivity contribution in [3.63, 3.8) is 0 Å². The van der Waals surface area contributed by atoms with Crippen LogP contribution in [0.25, 0.3) is 0 Å². The first-order valence-corrected chi connectivity index (χ1v) is 7.80. The summed E-state index contributed by atoms with van der Waals surface area (Å²) in [5, 5.41) is 6.34. The lowest BCUT2D eigenvalue weighted by Gasteiger charge is -2.30. The molecular weight excluding hydrogens is 264 g/mol. The van der Waals surface area contributed by atoms with Crippen LogP contribution in [0, 0.1) is 5.92 Å². The highest BCUT2D eigenvalue weighted by molar-refractivity contribution is 5.94. The minimum absolute atomic E-state index is 0.000881. The van der Waals surface area contributed by atoms with E-state index in [2.05, 4.69) is 34.7 Å². The van der Waals surface area contributed by atoms with E-state index in [1.807, 2.05) is 12.1 Å². The lowest BCUT2D eigenvalue weighted by atomic mass is 9.98. The van der Waals surface area contributed by atoms with Crippen LogP contribution in [0.5, 0.6) is 0 Å². The molecule has 114 valence electrons. The largest absolute Gasteiger partial charge is 0.385 e. The lowest BCUT2D eigenvalue weighted by molar-refractivity contribution is 0.217. The standard InChI is InChI=1S/C16H24N4O/c1-19-9-2-3-13(12-19)11-18-14-4-6-15(7-5-14)20-10-8-17-16(20)21/h4-7,13,18H,2-3,8-12H2,1H3,(H,17,21). The van der Waals surface area contributed by atoms with Crippen LogP contribution in [0.2, 0.25) is 0 Å². The van der Waals surface area contributed by atoms with E-state index in [9.17, 15) is 4.79 Å². The Kier molecular flexibility index (Phi) is 4.29. The molecule has 2 fully saturated rings. The summed E-state index contributed by atoms with van der Waals surface area (Å²) in [4.78, 5) is 15.8. The van der Waals surface area contributed by atoms with E-state index in [-0.39, 0.29) is 6.03 Å². The molecule has 5 heteroatoms. The van der Waals surface area contributed by atoms with Gasteiger partial charge in [-0.05, 0) is 56.6 Å². The third kappa shape index (κ3) is 3.47. The molecule has 2 amide bonds. The first kappa shape index (κ1) is 14.2. The molecule has 21 heavy (non-hydrogen) atoms. The van der Waals surface area contributed by atoms with Crippen molar-refractivity contribution in [2.75, 3.05) is 50.0 Å². The second-order valence-corrected chi connectivity index (χ2v) is 6.08. The summed E-state index contributed by atoms with van der Waals surface area (Å²) in [6.45, 7) is 4.91. The fourth-order valence-corrected chi connectivity index (χ4v) is 3.18. The minimum Gasteiger partial charge on any atom is -0.385 e. The molecule has 0 bridgehead atoms. The maximum absolute atomic E-state index is 11.6. The Morgan fingerprint density at radius 1 is 1.29 bits per heavy atom. The van der Waals surface area contributed by atoms with Crippen molar-refractivity contribution in [3.8, 4) is 0 Å². The van der Waals surface area contributed by atoms with Crippen LogP contribution in [0.4, 0.5) is 16.2 Å². The molecule has 0 aliphatic carbocycles. The molecule has 0 radical (unpaired) electrons. The van der Waals surface area contributed by atoms with Crippen LogP contribution >= 0.6 is 0 Å². The highest BCUT2D eigenvalue weighted by Gasteiger charge is 2.21. The van der Waals surface area contributed by atoms with Gasteiger partial charge in [-0.1, -0.05) is 0 Å². The van der Waals surface area contributed by atoms with Crippen LogP contribution in [0.1, 0.15) is 12.8 Å². The number of likely N-dealkylation sites (tertiary alicyclic amines) is 1. The molecule has 3 rings (SSSR count). The summed E-state index contributed by atoms with van der Waals surface area (Å²) in [6.07, 6.45) is 2.61. The normalized spacial score (nSPS) is 23.2. The van der Waals surface area contributed by atoms with Gasteiger partial charge in [0.2, 0.25) is 0 Å². The highest BCUT2D eigenvalue weighted by atomic mass is 16.2. The van der Waals surface area contributed by atoms with Gasteiger partial charge in [0.05, 0.1) is 0 Å². The van der Waals surface area contributed by atoms with Gasteiger partial charge in [0.1, 0.15) is 0 Å². The summed E-state index contributed by atoms with van der Waals surface area (Å²) in [5.41, 5.74) is 2.10. The van der Waals surface area contributed by atoms with E-state index in [0.717, 1.165) is 36.9 Å². The fourth-order valence-electron chi connectivity index (χ4n) is 3.18. The van der Waals surface area contributed by atoms with Gasteiger partial charge in [0.15, 0.2) is 0 Å². The quantitative estimate of drug-likeness (QED) is 0.890. The zero-order chi connectivity index (χ0) is 14.7. The maximum Gasteiger partial charge on any atom is 0.321 e. The zero-order valence-electron chi connectivity index (χ0n) is 12.6. The molecular formula is C16H24N4O. The number of piperidine rings is 1. The zero-order valence-corrected chi connectivity index (χ0v) is 12.6. The number of carbonyl (C=O) groups is 1. The fraction of sp³-hybridized carbons (Fsp3) is 0.562. The minimum atomic E-state index is 0.000881. The number of nitrogens with zero attached hydrogens (tertiary/aromatic N) is 2. The van der Waals surface area contributed by atoms with Gasteiger partial charge in [-0.2, -0.15) is 0 Å². The summed E-state index contributed by atoms with van der Waals surface area (Å²) < 4.78 is 0. The van der Waals surface area contributed by atoms with E-state index in [4.69, 9.17) is 0 Å². The molecule has 2 heterocycles. The maximum atomic E-state index is 11.6. The SMILES string of the molecule is CN1CCCC(CNc2ccc(N3CCNC3=O)cc2)C1. The van der Waals surface area contributed by atoms with E-state index in [0.29, 0.717) is 0 Å². The van der Waals surface area contributed by atoms with Crippen molar-refractivity contribution >= 4 is 17.4 Å². The second-order valence-electron chi connectivity index (χ2n) is 6.08. The van der Waals surface area contributed by atoms with Crippen molar-refractivity contribution in [3.05, 3.63) is 24.3 Å². The van der Waals surface area contributed by atoms with E-state index in [1.54, 1.807) is 4.90 Å². The van der Waals surface area contributed by atoms with Crippen LogP contribution in [0.15, 0.2) is 24.3 Å². The predicted octanol–water partition coefficient (Wildman–Crippen LogP) is 1.97. The Morgan fingerprint density at radius 3 is 2.76 bits per heavy atom. The van der Waals surface area contributed by atoms with E-state index in [1.165, 1.54) is 25.9 Å². The first-order chi connectivity index (χ1) is 10.2. The van der Waals surface area contributed by atoms with Crippen LogP contribution in [-0.4, -0.2) is 50.7 Å². The average molecular weight is 288 g/mol. The molecule has 0 spiro atoms. The molecule has 2 N–H and O–H groups in total. The smallest absolute Gasteiger partial charge is 0.321 e. The number of anilines is 2. The van der Waals surface area contributed by atoms with Gasteiger partial charge in [-0.15, -0.1) is 0 Å². The summed E-state index contributed by atoms with van der Waals surface area (Å²) in [7, 11) is 2.20. The number of rotatable bonds is 4. The van der Waals surface area contributed by atoms with Gasteiger partial charge < -0.3 is 15.5 Å². The van der Waals surface area contributed by atoms with Crippen molar-refractivity contribution in [2.24, 2.45) is 5.92 Å². The third-order valence-electron chi connectivity index (χ3n) is 4.35. The topological polar surface area (TPSA) is 47.6 Å². The van der Waals surface area contributed by atoms with E-state index >= 15 is 0 Å². The molecule has 0 aromatic heterocycles. The van der Waals surface area contributed by atoms with Crippen LogP contribution < -0.4 is 15.5 Å². The van der Waals surface area contributed by atoms with Gasteiger partial charge in [-0.25, -0.2) is 4.79 Å². The number of amides is 2. The summed E-state index contributed by atoms with van der Waals surface area (Å²) in [5.74, 6) is 0.729. The number of urea groups is 1. The van der Waals surface area contributed by atoms with Gasteiger partial charge in [-0.3, -0.25) is 4.90 Å². The van der Waals surface area contributed by atoms with Crippen LogP contribution in [-0.2, 0) is 0 Å². The lowest BCUT2D eigenvalue weighted by Crippen LogP contribution is -2.35. The molecule has 0 saturated carbocycles. The number of benzene rings is 1. The third-order valence-corrected chi connectivity index (χ3v) is 4.35. The van der Waals surface area contributed by atoms with Gasteiger partial charge in [0.25, 0.3) is 0 Å². The Morgan fingerprint density at radius 2 is 2.10 bits per heavy atom. The predicted molar refractivity (Wildman–Crippen MR) is 85.9 cm³/mol. The van der Waals surface area contributed by atoms with Gasteiger partial charge >= 0.3 is 6.03 Å². The number of hydrogen-bond donors (Lipinski definition) is 2. The Hall–Kier alpha value is -1.75. The van der Waals surface area contributed by atoms with Crippen molar-refractivity contribution < 1.29 is 4.79 Å². The molecule has 1 aromatic rings. The molecule has 2 aliphatic heterocycles.